The van der Waals surface area contributed by atoms with Gasteiger partial charge < -0.3 is 14.7 Å². The van der Waals surface area contributed by atoms with Gasteiger partial charge >= 0.3 is 5.97 Å². The van der Waals surface area contributed by atoms with E-state index in [0.29, 0.717) is 31.7 Å². The van der Waals surface area contributed by atoms with Crippen molar-refractivity contribution >= 4 is 11.9 Å². The minimum absolute atomic E-state index is 0.0646. The van der Waals surface area contributed by atoms with E-state index in [0.717, 1.165) is 11.1 Å². The van der Waals surface area contributed by atoms with E-state index in [1.54, 1.807) is 4.90 Å². The Hall–Kier alpha value is -2.66. The van der Waals surface area contributed by atoms with E-state index in [-0.39, 0.29) is 12.3 Å². The van der Waals surface area contributed by atoms with Crippen molar-refractivity contribution in [3.8, 4) is 0 Å². The fourth-order valence-electron chi connectivity index (χ4n) is 3.09. The van der Waals surface area contributed by atoms with Gasteiger partial charge in [-0.15, -0.1) is 0 Å². The number of carbonyl (C=O) groups excluding carboxylic acids is 1. The summed E-state index contributed by atoms with van der Waals surface area (Å²) in [5.74, 6) is -0.978. The van der Waals surface area contributed by atoms with Gasteiger partial charge in [0.15, 0.2) is 0 Å². The monoisotopic (exact) mass is 339 g/mol. The number of hydrogen-bond donors (Lipinski definition) is 1. The summed E-state index contributed by atoms with van der Waals surface area (Å²) in [6, 6.07) is 17.6. The SMILES string of the molecule is O=C(O)CC1CN(C(=O)c2ccccc2Cc2ccccc2)CCO1. The second-order valence-corrected chi connectivity index (χ2v) is 6.16. The molecule has 1 aliphatic heterocycles. The van der Waals surface area contributed by atoms with Gasteiger partial charge in [-0.25, -0.2) is 0 Å². The molecule has 0 bridgehead atoms. The van der Waals surface area contributed by atoms with Crippen molar-refractivity contribution in [2.45, 2.75) is 18.9 Å². The Kier molecular flexibility index (Phi) is 5.46. The summed E-state index contributed by atoms with van der Waals surface area (Å²) >= 11 is 0. The second kappa shape index (κ2) is 7.94. The number of morpholine rings is 1. The van der Waals surface area contributed by atoms with Crippen LogP contribution in [0.25, 0.3) is 0 Å². The largest absolute Gasteiger partial charge is 0.481 e. The van der Waals surface area contributed by atoms with Gasteiger partial charge in [-0.2, -0.15) is 0 Å². The average molecular weight is 339 g/mol. The number of aliphatic carboxylic acids is 1. The third kappa shape index (κ3) is 4.45. The number of ether oxygens (including phenoxy) is 1. The van der Waals surface area contributed by atoms with Crippen LogP contribution in [0.15, 0.2) is 54.6 Å². The Morgan fingerprint density at radius 3 is 2.56 bits per heavy atom. The first-order valence-electron chi connectivity index (χ1n) is 8.38. The summed E-state index contributed by atoms with van der Waals surface area (Å²) < 4.78 is 5.46. The van der Waals surface area contributed by atoms with Crippen molar-refractivity contribution in [2.24, 2.45) is 0 Å². The molecule has 2 aromatic rings. The molecule has 1 amide bonds. The molecule has 130 valence electrons. The van der Waals surface area contributed by atoms with Crippen molar-refractivity contribution in [3.05, 3.63) is 71.3 Å². The van der Waals surface area contributed by atoms with Gasteiger partial charge in [-0.3, -0.25) is 9.59 Å². The zero-order valence-electron chi connectivity index (χ0n) is 13.9. The minimum atomic E-state index is -0.913. The molecule has 1 aliphatic rings. The Morgan fingerprint density at radius 1 is 1.08 bits per heavy atom. The molecule has 25 heavy (non-hydrogen) atoms. The molecule has 1 N–H and O–H groups in total. The predicted molar refractivity (Wildman–Crippen MR) is 93.6 cm³/mol. The number of carboxylic acid groups (broad SMARTS) is 1. The Labute approximate surface area is 146 Å². The quantitative estimate of drug-likeness (QED) is 0.909. The Balaban J connectivity index is 1.77. The maximum atomic E-state index is 13.0. The van der Waals surface area contributed by atoms with Crippen LogP contribution in [0.1, 0.15) is 27.9 Å². The van der Waals surface area contributed by atoms with Crippen LogP contribution in [0.3, 0.4) is 0 Å². The molecule has 2 aromatic carbocycles. The highest BCUT2D eigenvalue weighted by atomic mass is 16.5. The number of carbonyl (C=O) groups is 2. The van der Waals surface area contributed by atoms with Crippen molar-refractivity contribution in [1.82, 2.24) is 4.90 Å². The molecule has 1 atom stereocenters. The number of nitrogens with zero attached hydrogens (tertiary/aromatic N) is 1. The summed E-state index contributed by atoms with van der Waals surface area (Å²) in [6.45, 7) is 1.16. The van der Waals surface area contributed by atoms with Crippen LogP contribution >= 0.6 is 0 Å². The van der Waals surface area contributed by atoms with Crippen LogP contribution in [-0.4, -0.2) is 47.7 Å². The summed E-state index contributed by atoms with van der Waals surface area (Å²) in [5, 5.41) is 8.93. The van der Waals surface area contributed by atoms with Crippen molar-refractivity contribution in [2.75, 3.05) is 19.7 Å². The lowest BCUT2D eigenvalue weighted by Gasteiger charge is -2.32. The van der Waals surface area contributed by atoms with Gasteiger partial charge in [-0.05, 0) is 23.6 Å². The summed E-state index contributed by atoms with van der Waals surface area (Å²) in [7, 11) is 0. The van der Waals surface area contributed by atoms with Gasteiger partial charge in [0, 0.05) is 18.7 Å². The molecular weight excluding hydrogens is 318 g/mol. The minimum Gasteiger partial charge on any atom is -0.481 e. The zero-order chi connectivity index (χ0) is 17.6. The first kappa shape index (κ1) is 17.2. The van der Waals surface area contributed by atoms with Crippen LogP contribution < -0.4 is 0 Å². The van der Waals surface area contributed by atoms with E-state index in [2.05, 4.69) is 0 Å². The molecule has 3 rings (SSSR count). The third-order valence-electron chi connectivity index (χ3n) is 4.31. The lowest BCUT2D eigenvalue weighted by Crippen LogP contribution is -2.46. The molecule has 0 aromatic heterocycles. The van der Waals surface area contributed by atoms with Gasteiger partial charge in [0.25, 0.3) is 5.91 Å². The van der Waals surface area contributed by atoms with E-state index in [1.165, 1.54) is 0 Å². The smallest absolute Gasteiger partial charge is 0.306 e. The molecule has 0 radical (unpaired) electrons. The maximum absolute atomic E-state index is 13.0. The molecule has 1 saturated heterocycles. The van der Waals surface area contributed by atoms with Crippen LogP contribution in [-0.2, 0) is 16.0 Å². The molecule has 0 spiro atoms. The van der Waals surface area contributed by atoms with Crippen LogP contribution in [0, 0.1) is 0 Å². The second-order valence-electron chi connectivity index (χ2n) is 6.16. The van der Waals surface area contributed by atoms with E-state index in [9.17, 15) is 9.59 Å². The van der Waals surface area contributed by atoms with Gasteiger partial charge in [0.2, 0.25) is 0 Å². The van der Waals surface area contributed by atoms with Crippen LogP contribution in [0.2, 0.25) is 0 Å². The highest BCUT2D eigenvalue weighted by molar-refractivity contribution is 5.96. The van der Waals surface area contributed by atoms with E-state index >= 15 is 0 Å². The van der Waals surface area contributed by atoms with E-state index in [1.807, 2.05) is 54.6 Å². The number of amides is 1. The Morgan fingerprint density at radius 2 is 1.80 bits per heavy atom. The first-order valence-corrected chi connectivity index (χ1v) is 8.38. The summed E-state index contributed by atoms with van der Waals surface area (Å²) in [6.07, 6.45) is 0.151. The fourth-order valence-corrected chi connectivity index (χ4v) is 3.09. The Bertz CT molecular complexity index is 744. The van der Waals surface area contributed by atoms with Gasteiger partial charge in [0.1, 0.15) is 0 Å². The lowest BCUT2D eigenvalue weighted by atomic mass is 9.98. The number of hydrogen-bond acceptors (Lipinski definition) is 3. The number of benzene rings is 2. The van der Waals surface area contributed by atoms with E-state index < -0.39 is 12.1 Å². The standard InChI is InChI=1S/C20H21NO4/c22-19(23)13-17-14-21(10-11-25-17)20(24)18-9-5-4-8-16(18)12-15-6-2-1-3-7-15/h1-9,17H,10-14H2,(H,22,23). The van der Waals surface area contributed by atoms with Crippen LogP contribution in [0.4, 0.5) is 0 Å². The number of carboxylic acids is 1. The lowest BCUT2D eigenvalue weighted by molar-refractivity contribution is -0.141. The zero-order valence-corrected chi connectivity index (χ0v) is 13.9. The van der Waals surface area contributed by atoms with Crippen molar-refractivity contribution < 1.29 is 19.4 Å². The third-order valence-corrected chi connectivity index (χ3v) is 4.31. The molecule has 5 heteroatoms. The highest BCUT2D eigenvalue weighted by Gasteiger charge is 2.27. The molecule has 1 unspecified atom stereocenters. The van der Waals surface area contributed by atoms with Crippen molar-refractivity contribution in [3.63, 3.8) is 0 Å². The molecule has 0 aliphatic carbocycles. The molecule has 1 fully saturated rings. The predicted octanol–water partition coefficient (Wildman–Crippen LogP) is 2.59. The van der Waals surface area contributed by atoms with E-state index in [4.69, 9.17) is 9.84 Å². The van der Waals surface area contributed by atoms with Gasteiger partial charge in [-0.1, -0.05) is 48.5 Å². The number of rotatable bonds is 5. The fraction of sp³-hybridized carbons (Fsp3) is 0.300. The summed E-state index contributed by atoms with van der Waals surface area (Å²) in [5.41, 5.74) is 2.79. The van der Waals surface area contributed by atoms with Gasteiger partial charge in [0.05, 0.1) is 19.1 Å². The maximum Gasteiger partial charge on any atom is 0.306 e. The van der Waals surface area contributed by atoms with Crippen molar-refractivity contribution in [1.29, 1.82) is 0 Å². The molecular formula is C20H21NO4. The molecule has 0 saturated carbocycles. The average Bonchev–Trinajstić information content (AvgIpc) is 2.62. The highest BCUT2D eigenvalue weighted by Crippen LogP contribution is 2.18. The first-order chi connectivity index (χ1) is 12.1. The topological polar surface area (TPSA) is 66.8 Å². The normalized spacial score (nSPS) is 17.3. The van der Waals surface area contributed by atoms with Crippen LogP contribution in [0.5, 0.6) is 0 Å². The molecule has 5 nitrogen and oxygen atoms in total. The molecule has 1 heterocycles. The summed E-state index contributed by atoms with van der Waals surface area (Å²) in [4.78, 5) is 25.5.